The van der Waals surface area contributed by atoms with Crippen LogP contribution in [0.3, 0.4) is 0 Å². The standard InChI is InChI=1S/C11H11ClO2/c12-9-3-1-2-7(5-9)4-8-6-10(8)11(13)14/h1-3,5,8,10H,4,6H2,(H,13,14). The molecule has 1 N–H and O–H groups in total. The first-order chi connectivity index (χ1) is 6.66. The Morgan fingerprint density at radius 1 is 1.57 bits per heavy atom. The smallest absolute Gasteiger partial charge is 0.306 e. The van der Waals surface area contributed by atoms with Crippen molar-refractivity contribution in [2.75, 3.05) is 0 Å². The molecule has 1 saturated carbocycles. The van der Waals surface area contributed by atoms with Crippen LogP contribution in [0, 0.1) is 11.8 Å². The van der Waals surface area contributed by atoms with E-state index in [0.717, 1.165) is 23.4 Å². The summed E-state index contributed by atoms with van der Waals surface area (Å²) >= 11 is 5.83. The third kappa shape index (κ3) is 2.07. The van der Waals surface area contributed by atoms with Gasteiger partial charge < -0.3 is 5.11 Å². The minimum Gasteiger partial charge on any atom is -0.481 e. The van der Waals surface area contributed by atoms with E-state index in [4.69, 9.17) is 16.7 Å². The molecule has 2 atom stereocenters. The van der Waals surface area contributed by atoms with Gasteiger partial charge >= 0.3 is 5.97 Å². The van der Waals surface area contributed by atoms with E-state index in [0.29, 0.717) is 5.92 Å². The van der Waals surface area contributed by atoms with Gasteiger partial charge in [0.05, 0.1) is 5.92 Å². The Labute approximate surface area is 87.5 Å². The van der Waals surface area contributed by atoms with Crippen molar-refractivity contribution in [3.05, 3.63) is 34.9 Å². The van der Waals surface area contributed by atoms with Gasteiger partial charge in [-0.05, 0) is 36.5 Å². The van der Waals surface area contributed by atoms with Crippen LogP contribution in [0.1, 0.15) is 12.0 Å². The maximum atomic E-state index is 10.6. The third-order valence-corrected chi connectivity index (χ3v) is 2.86. The zero-order valence-electron chi connectivity index (χ0n) is 7.61. The Hall–Kier alpha value is -1.02. The lowest BCUT2D eigenvalue weighted by atomic mass is 10.1. The molecular formula is C11H11ClO2. The van der Waals surface area contributed by atoms with E-state index in [2.05, 4.69) is 0 Å². The number of carbonyl (C=O) groups is 1. The van der Waals surface area contributed by atoms with Crippen molar-refractivity contribution in [1.82, 2.24) is 0 Å². The van der Waals surface area contributed by atoms with E-state index >= 15 is 0 Å². The Kier molecular flexibility index (Phi) is 2.46. The number of hydrogen-bond donors (Lipinski definition) is 1. The summed E-state index contributed by atoms with van der Waals surface area (Å²) in [6, 6.07) is 7.62. The monoisotopic (exact) mass is 210 g/mol. The largest absolute Gasteiger partial charge is 0.481 e. The average molecular weight is 211 g/mol. The molecule has 2 rings (SSSR count). The summed E-state index contributed by atoms with van der Waals surface area (Å²) in [7, 11) is 0. The fourth-order valence-corrected chi connectivity index (χ4v) is 1.96. The van der Waals surface area contributed by atoms with Crippen LogP contribution >= 0.6 is 11.6 Å². The first kappa shape index (κ1) is 9.53. The number of rotatable bonds is 3. The number of carboxylic acid groups (broad SMARTS) is 1. The van der Waals surface area contributed by atoms with Crippen molar-refractivity contribution in [3.8, 4) is 0 Å². The Balaban J connectivity index is 1.97. The molecule has 14 heavy (non-hydrogen) atoms. The second kappa shape index (κ2) is 3.62. The molecule has 1 aromatic carbocycles. The molecule has 0 spiro atoms. The predicted octanol–water partition coefficient (Wildman–Crippen LogP) is 2.60. The van der Waals surface area contributed by atoms with Gasteiger partial charge in [-0.25, -0.2) is 0 Å². The SMILES string of the molecule is O=C(O)C1CC1Cc1cccc(Cl)c1. The van der Waals surface area contributed by atoms with Crippen LogP contribution in [-0.2, 0) is 11.2 Å². The molecule has 1 aliphatic carbocycles. The molecule has 0 amide bonds. The highest BCUT2D eigenvalue weighted by Crippen LogP contribution is 2.41. The molecular weight excluding hydrogens is 200 g/mol. The topological polar surface area (TPSA) is 37.3 Å². The van der Waals surface area contributed by atoms with Crippen LogP contribution in [0.5, 0.6) is 0 Å². The minimum atomic E-state index is -0.669. The highest BCUT2D eigenvalue weighted by Gasteiger charge is 2.42. The zero-order chi connectivity index (χ0) is 10.1. The number of halogens is 1. The van der Waals surface area contributed by atoms with Crippen LogP contribution in [0.15, 0.2) is 24.3 Å². The number of benzene rings is 1. The average Bonchev–Trinajstić information content (AvgIpc) is 2.84. The summed E-state index contributed by atoms with van der Waals surface area (Å²) in [6.07, 6.45) is 1.64. The number of carboxylic acids is 1. The van der Waals surface area contributed by atoms with E-state index in [9.17, 15) is 4.79 Å². The molecule has 1 aromatic rings. The predicted molar refractivity (Wildman–Crippen MR) is 54.4 cm³/mol. The zero-order valence-corrected chi connectivity index (χ0v) is 8.37. The van der Waals surface area contributed by atoms with E-state index < -0.39 is 5.97 Å². The highest BCUT2D eigenvalue weighted by molar-refractivity contribution is 6.30. The van der Waals surface area contributed by atoms with Crippen LogP contribution < -0.4 is 0 Å². The lowest BCUT2D eigenvalue weighted by Gasteiger charge is -1.99. The van der Waals surface area contributed by atoms with Crippen LogP contribution in [0.2, 0.25) is 5.02 Å². The molecule has 0 bridgehead atoms. The fourth-order valence-electron chi connectivity index (χ4n) is 1.74. The van der Waals surface area contributed by atoms with Gasteiger partial charge in [-0.15, -0.1) is 0 Å². The molecule has 0 heterocycles. The van der Waals surface area contributed by atoms with Gasteiger partial charge in [-0.2, -0.15) is 0 Å². The van der Waals surface area contributed by atoms with E-state index in [1.54, 1.807) is 0 Å². The number of hydrogen-bond acceptors (Lipinski definition) is 1. The quantitative estimate of drug-likeness (QED) is 0.833. The molecule has 0 aromatic heterocycles. The van der Waals surface area contributed by atoms with Gasteiger partial charge in [0.25, 0.3) is 0 Å². The summed E-state index contributed by atoms with van der Waals surface area (Å²) in [5.74, 6) is -0.489. The molecule has 3 heteroatoms. The Morgan fingerprint density at radius 3 is 2.93 bits per heavy atom. The normalized spacial score (nSPS) is 24.6. The lowest BCUT2D eigenvalue weighted by molar-refractivity contribution is -0.138. The van der Waals surface area contributed by atoms with E-state index in [1.807, 2.05) is 24.3 Å². The first-order valence-electron chi connectivity index (χ1n) is 4.64. The van der Waals surface area contributed by atoms with Crippen LogP contribution in [-0.4, -0.2) is 11.1 Å². The molecule has 74 valence electrons. The van der Waals surface area contributed by atoms with Gasteiger partial charge in [-0.3, -0.25) is 4.79 Å². The minimum absolute atomic E-state index is 0.131. The molecule has 1 fully saturated rings. The Bertz CT molecular complexity index is 362. The van der Waals surface area contributed by atoms with Gasteiger partial charge in [0.1, 0.15) is 0 Å². The van der Waals surface area contributed by atoms with E-state index in [1.165, 1.54) is 0 Å². The van der Waals surface area contributed by atoms with Crippen molar-refractivity contribution < 1.29 is 9.90 Å². The van der Waals surface area contributed by atoms with Crippen LogP contribution in [0.25, 0.3) is 0 Å². The number of aliphatic carboxylic acids is 1. The van der Waals surface area contributed by atoms with E-state index in [-0.39, 0.29) is 5.92 Å². The molecule has 0 aliphatic heterocycles. The fraction of sp³-hybridized carbons (Fsp3) is 0.364. The summed E-state index contributed by atoms with van der Waals surface area (Å²) in [4.78, 5) is 10.6. The summed E-state index contributed by atoms with van der Waals surface area (Å²) < 4.78 is 0. The molecule has 0 saturated heterocycles. The molecule has 0 radical (unpaired) electrons. The lowest BCUT2D eigenvalue weighted by Crippen LogP contribution is -2.00. The molecule has 2 unspecified atom stereocenters. The van der Waals surface area contributed by atoms with Crippen LogP contribution in [0.4, 0.5) is 0 Å². The highest BCUT2D eigenvalue weighted by atomic mass is 35.5. The van der Waals surface area contributed by atoms with Crippen molar-refractivity contribution in [2.24, 2.45) is 11.8 Å². The van der Waals surface area contributed by atoms with Gasteiger partial charge in [0.15, 0.2) is 0 Å². The second-order valence-corrected chi connectivity index (χ2v) is 4.21. The van der Waals surface area contributed by atoms with Crippen molar-refractivity contribution in [1.29, 1.82) is 0 Å². The summed E-state index contributed by atoms with van der Waals surface area (Å²) in [5, 5.41) is 9.45. The molecule has 2 nitrogen and oxygen atoms in total. The van der Waals surface area contributed by atoms with Crippen molar-refractivity contribution in [3.63, 3.8) is 0 Å². The van der Waals surface area contributed by atoms with Gasteiger partial charge in [0.2, 0.25) is 0 Å². The second-order valence-electron chi connectivity index (χ2n) is 3.77. The summed E-state index contributed by atoms with van der Waals surface area (Å²) in [5.41, 5.74) is 1.13. The molecule has 1 aliphatic rings. The van der Waals surface area contributed by atoms with Crippen molar-refractivity contribution in [2.45, 2.75) is 12.8 Å². The van der Waals surface area contributed by atoms with Gasteiger partial charge in [0, 0.05) is 5.02 Å². The Morgan fingerprint density at radius 2 is 2.36 bits per heavy atom. The van der Waals surface area contributed by atoms with Gasteiger partial charge in [-0.1, -0.05) is 23.7 Å². The summed E-state index contributed by atoms with van der Waals surface area (Å²) in [6.45, 7) is 0. The third-order valence-electron chi connectivity index (χ3n) is 2.63. The maximum Gasteiger partial charge on any atom is 0.306 e. The first-order valence-corrected chi connectivity index (χ1v) is 5.02. The maximum absolute atomic E-state index is 10.6. The van der Waals surface area contributed by atoms with Crippen molar-refractivity contribution >= 4 is 17.6 Å².